The lowest BCUT2D eigenvalue weighted by atomic mass is 9.76. The van der Waals surface area contributed by atoms with Gasteiger partial charge in [0.05, 0.1) is 6.61 Å². The van der Waals surface area contributed by atoms with E-state index in [-0.39, 0.29) is 12.0 Å². The van der Waals surface area contributed by atoms with Gasteiger partial charge in [0.25, 0.3) is 0 Å². The number of hydrogen-bond donors (Lipinski definition) is 2. The van der Waals surface area contributed by atoms with Crippen molar-refractivity contribution in [3.8, 4) is 0 Å². The van der Waals surface area contributed by atoms with Crippen LogP contribution in [0.2, 0.25) is 0 Å². The summed E-state index contributed by atoms with van der Waals surface area (Å²) in [6.45, 7) is 4.47. The zero-order chi connectivity index (χ0) is 11.4. The van der Waals surface area contributed by atoms with Crippen LogP contribution in [0.3, 0.4) is 0 Å². The monoisotopic (exact) mass is 219 g/mol. The van der Waals surface area contributed by atoms with E-state index >= 15 is 0 Å². The van der Waals surface area contributed by atoms with Crippen molar-refractivity contribution in [2.24, 2.45) is 5.41 Å². The molecular formula is C14H21NO. The molecule has 1 aliphatic rings. The number of aryl methyl sites for hydroxylation is 1. The van der Waals surface area contributed by atoms with E-state index in [0.717, 1.165) is 25.9 Å². The Kier molecular flexibility index (Phi) is 3.62. The molecule has 2 rings (SSSR count). The molecule has 2 heteroatoms. The molecular weight excluding hydrogens is 198 g/mol. The Morgan fingerprint density at radius 2 is 2.19 bits per heavy atom. The molecule has 0 radical (unpaired) electrons. The third-order valence-electron chi connectivity index (χ3n) is 3.72. The molecule has 1 heterocycles. The van der Waals surface area contributed by atoms with Crippen LogP contribution in [-0.2, 0) is 6.42 Å². The fourth-order valence-electron chi connectivity index (χ4n) is 2.58. The van der Waals surface area contributed by atoms with Crippen LogP contribution in [0.5, 0.6) is 0 Å². The maximum Gasteiger partial charge on any atom is 0.0502 e. The summed E-state index contributed by atoms with van der Waals surface area (Å²) < 4.78 is 0. The molecule has 1 fully saturated rings. The van der Waals surface area contributed by atoms with Gasteiger partial charge in [-0.2, -0.15) is 0 Å². The van der Waals surface area contributed by atoms with Crippen molar-refractivity contribution in [1.82, 2.24) is 5.32 Å². The minimum Gasteiger partial charge on any atom is -0.396 e. The summed E-state index contributed by atoms with van der Waals surface area (Å²) in [5, 5.41) is 13.1. The number of aliphatic hydroxyl groups is 1. The molecule has 0 bridgehead atoms. The van der Waals surface area contributed by atoms with Gasteiger partial charge in [0.2, 0.25) is 0 Å². The first-order valence-electron chi connectivity index (χ1n) is 6.12. The smallest absolute Gasteiger partial charge is 0.0502 e. The zero-order valence-corrected chi connectivity index (χ0v) is 10.00. The van der Waals surface area contributed by atoms with Gasteiger partial charge in [-0.25, -0.2) is 0 Å². The fraction of sp³-hybridized carbons (Fsp3) is 0.571. The van der Waals surface area contributed by atoms with Gasteiger partial charge in [0.15, 0.2) is 0 Å². The van der Waals surface area contributed by atoms with E-state index in [1.807, 2.05) is 0 Å². The van der Waals surface area contributed by atoms with Crippen LogP contribution in [0.1, 0.15) is 24.0 Å². The second-order valence-corrected chi connectivity index (χ2v) is 5.04. The number of nitrogens with one attached hydrogen (secondary N) is 1. The van der Waals surface area contributed by atoms with Crippen LogP contribution in [0.4, 0.5) is 0 Å². The molecule has 0 spiro atoms. The van der Waals surface area contributed by atoms with Crippen LogP contribution < -0.4 is 5.32 Å². The van der Waals surface area contributed by atoms with Crippen LogP contribution >= 0.6 is 0 Å². The van der Waals surface area contributed by atoms with Crippen LogP contribution in [-0.4, -0.2) is 24.8 Å². The van der Waals surface area contributed by atoms with Gasteiger partial charge in [-0.15, -0.1) is 0 Å². The van der Waals surface area contributed by atoms with Gasteiger partial charge in [-0.1, -0.05) is 24.3 Å². The van der Waals surface area contributed by atoms with E-state index in [2.05, 4.69) is 36.5 Å². The van der Waals surface area contributed by atoms with Gasteiger partial charge in [0.1, 0.15) is 0 Å². The highest BCUT2D eigenvalue weighted by Gasteiger charge is 2.31. The fourth-order valence-corrected chi connectivity index (χ4v) is 2.58. The molecule has 1 aromatic carbocycles. The first-order valence-corrected chi connectivity index (χ1v) is 6.12. The van der Waals surface area contributed by atoms with Crippen molar-refractivity contribution in [2.45, 2.75) is 26.2 Å². The van der Waals surface area contributed by atoms with Crippen molar-refractivity contribution in [2.75, 3.05) is 19.7 Å². The summed E-state index contributed by atoms with van der Waals surface area (Å²) in [4.78, 5) is 0. The molecule has 0 aromatic heterocycles. The van der Waals surface area contributed by atoms with Crippen molar-refractivity contribution < 1.29 is 5.11 Å². The molecule has 1 atom stereocenters. The van der Waals surface area contributed by atoms with E-state index in [0.29, 0.717) is 0 Å². The summed E-state index contributed by atoms with van der Waals surface area (Å²) in [6, 6.07) is 8.49. The predicted octanol–water partition coefficient (Wildman–Crippen LogP) is 1.90. The minimum absolute atomic E-state index is 0.0599. The lowest BCUT2D eigenvalue weighted by Gasteiger charge is -2.36. The standard InChI is InChI=1S/C14H21NO/c1-12-5-2-3-6-13(12)9-14(11-16)7-4-8-15-10-14/h2-3,5-6,15-16H,4,7-11H2,1H3/t14-/m0/s1. The molecule has 1 aliphatic heterocycles. The van der Waals surface area contributed by atoms with E-state index in [1.54, 1.807) is 0 Å². The Bertz CT molecular complexity index is 342. The second kappa shape index (κ2) is 4.98. The van der Waals surface area contributed by atoms with E-state index in [9.17, 15) is 5.11 Å². The molecule has 0 aliphatic carbocycles. The van der Waals surface area contributed by atoms with E-state index in [1.165, 1.54) is 17.5 Å². The highest BCUT2D eigenvalue weighted by Crippen LogP contribution is 2.30. The maximum atomic E-state index is 9.65. The van der Waals surface area contributed by atoms with Crippen LogP contribution in [0, 0.1) is 12.3 Å². The van der Waals surface area contributed by atoms with Gasteiger partial charge in [0, 0.05) is 12.0 Å². The highest BCUT2D eigenvalue weighted by atomic mass is 16.3. The van der Waals surface area contributed by atoms with Gasteiger partial charge in [-0.05, 0) is 43.9 Å². The average molecular weight is 219 g/mol. The largest absolute Gasteiger partial charge is 0.396 e. The first-order chi connectivity index (χ1) is 7.76. The molecule has 1 saturated heterocycles. The van der Waals surface area contributed by atoms with Crippen molar-refractivity contribution in [1.29, 1.82) is 0 Å². The van der Waals surface area contributed by atoms with Crippen LogP contribution in [0.15, 0.2) is 24.3 Å². The Balaban J connectivity index is 2.15. The Hall–Kier alpha value is -0.860. The molecule has 0 saturated carbocycles. The molecule has 2 nitrogen and oxygen atoms in total. The van der Waals surface area contributed by atoms with Crippen molar-refractivity contribution in [3.05, 3.63) is 35.4 Å². The van der Waals surface area contributed by atoms with Crippen LogP contribution in [0.25, 0.3) is 0 Å². The molecule has 88 valence electrons. The Labute approximate surface area is 97.7 Å². The summed E-state index contributed by atoms with van der Waals surface area (Å²) in [5.41, 5.74) is 2.77. The summed E-state index contributed by atoms with van der Waals surface area (Å²) >= 11 is 0. The summed E-state index contributed by atoms with van der Waals surface area (Å²) in [6.07, 6.45) is 3.29. The van der Waals surface area contributed by atoms with Crippen molar-refractivity contribution >= 4 is 0 Å². The van der Waals surface area contributed by atoms with Gasteiger partial charge < -0.3 is 10.4 Å². The summed E-state index contributed by atoms with van der Waals surface area (Å²) in [5.74, 6) is 0. The molecule has 2 N–H and O–H groups in total. The average Bonchev–Trinajstić information content (AvgIpc) is 2.33. The van der Waals surface area contributed by atoms with Gasteiger partial charge >= 0.3 is 0 Å². The molecule has 0 amide bonds. The highest BCUT2D eigenvalue weighted by molar-refractivity contribution is 5.27. The first kappa shape index (κ1) is 11.6. The number of rotatable bonds is 3. The number of benzene rings is 1. The minimum atomic E-state index is 0.0599. The zero-order valence-electron chi connectivity index (χ0n) is 10.00. The lowest BCUT2D eigenvalue weighted by Crippen LogP contribution is -2.44. The lowest BCUT2D eigenvalue weighted by molar-refractivity contribution is 0.0946. The molecule has 0 unspecified atom stereocenters. The molecule has 16 heavy (non-hydrogen) atoms. The predicted molar refractivity (Wildman–Crippen MR) is 66.5 cm³/mol. The Morgan fingerprint density at radius 3 is 2.81 bits per heavy atom. The second-order valence-electron chi connectivity index (χ2n) is 5.04. The summed E-state index contributed by atoms with van der Waals surface area (Å²) in [7, 11) is 0. The van der Waals surface area contributed by atoms with E-state index < -0.39 is 0 Å². The third-order valence-corrected chi connectivity index (χ3v) is 3.72. The van der Waals surface area contributed by atoms with E-state index in [4.69, 9.17) is 0 Å². The van der Waals surface area contributed by atoms with Crippen molar-refractivity contribution in [3.63, 3.8) is 0 Å². The SMILES string of the molecule is Cc1ccccc1C[C@@]1(CO)CCCNC1. The normalized spacial score (nSPS) is 25.6. The number of hydrogen-bond acceptors (Lipinski definition) is 2. The third kappa shape index (κ3) is 2.45. The topological polar surface area (TPSA) is 32.3 Å². The number of aliphatic hydroxyl groups excluding tert-OH is 1. The quantitative estimate of drug-likeness (QED) is 0.814. The number of piperidine rings is 1. The maximum absolute atomic E-state index is 9.65. The Morgan fingerprint density at radius 1 is 1.38 bits per heavy atom. The molecule has 1 aromatic rings. The van der Waals surface area contributed by atoms with Gasteiger partial charge in [-0.3, -0.25) is 0 Å².